The van der Waals surface area contributed by atoms with E-state index >= 15 is 0 Å². The van der Waals surface area contributed by atoms with Crippen LogP contribution in [-0.4, -0.2) is 182 Å². The second-order valence-corrected chi connectivity index (χ2v) is 21.5. The first-order valence-corrected chi connectivity index (χ1v) is 25.1. The lowest BCUT2D eigenvalue weighted by Crippen LogP contribution is -2.60. The summed E-state index contributed by atoms with van der Waals surface area (Å²) in [6.07, 6.45) is -11.3. The Hall–Kier alpha value is -3.58. The number of nitrogens with zero attached hydrogens (tertiary/aromatic N) is 3. The zero-order valence-electron chi connectivity index (χ0n) is 45.1. The molecule has 3 fully saturated rings. The molecule has 18 nitrogen and oxygen atoms in total. The number of aliphatic hydroxyl groups excluding tert-OH is 3. The number of hydrogen-bond donors (Lipinski definition) is 7. The minimum atomic E-state index is -4.47. The molecule has 0 unspecified atom stereocenters. The van der Waals surface area contributed by atoms with Crippen LogP contribution in [0.2, 0.25) is 0 Å². The van der Waals surface area contributed by atoms with Gasteiger partial charge in [-0.3, -0.25) is 4.79 Å². The highest BCUT2D eigenvalue weighted by molar-refractivity contribution is 5.94. The smallest absolute Gasteiger partial charge is 0.416 e. The van der Waals surface area contributed by atoms with Crippen molar-refractivity contribution in [3.05, 3.63) is 53.2 Å². The molecule has 18 atom stereocenters. The lowest BCUT2D eigenvalue weighted by Gasteiger charge is -2.48. The van der Waals surface area contributed by atoms with Crippen LogP contribution in [0.15, 0.2) is 36.5 Å². The van der Waals surface area contributed by atoms with E-state index in [1.807, 2.05) is 51.7 Å². The maximum Gasteiger partial charge on any atom is 0.416 e. The number of ether oxygens (including phenoxy) is 6. The Labute approximate surface area is 428 Å². The summed E-state index contributed by atoms with van der Waals surface area (Å²) in [7, 11) is 7.12. The fourth-order valence-electron chi connectivity index (χ4n) is 10.6. The quantitative estimate of drug-likeness (QED) is 0.140. The first kappa shape index (κ1) is 62.0. The molecular weight excluding hydrogens is 962 g/mol. The predicted octanol–water partition coefficient (Wildman–Crippen LogP) is 5.75. The molecule has 3 saturated heterocycles. The molecule has 0 bridgehead atoms. The van der Waals surface area contributed by atoms with Crippen molar-refractivity contribution in [2.24, 2.45) is 17.8 Å². The summed E-state index contributed by atoms with van der Waals surface area (Å²) in [5.74, 6) is -3.80. The van der Waals surface area contributed by atoms with Gasteiger partial charge in [-0.15, -0.1) is 0 Å². The molecule has 0 radical (unpaired) electrons. The second-order valence-electron chi connectivity index (χ2n) is 21.5. The molecule has 3 aliphatic heterocycles. The molecule has 1 aromatic carbocycles. The Morgan fingerprint density at radius 3 is 2.19 bits per heavy atom. The van der Waals surface area contributed by atoms with Crippen molar-refractivity contribution in [1.82, 2.24) is 14.8 Å². The van der Waals surface area contributed by atoms with Crippen LogP contribution in [0.5, 0.6) is 0 Å². The summed E-state index contributed by atoms with van der Waals surface area (Å²) < 4.78 is 76.0. The number of halogens is 3. The number of benzene rings is 1. The Morgan fingerprint density at radius 2 is 1.62 bits per heavy atom. The van der Waals surface area contributed by atoms with Gasteiger partial charge in [0.1, 0.15) is 41.4 Å². The molecule has 2 aromatic rings. The number of pyridine rings is 1. The van der Waals surface area contributed by atoms with Crippen LogP contribution in [0.25, 0.3) is 0 Å². The average Bonchev–Trinajstić information content (AvgIpc) is 3.30. The predicted molar refractivity (Wildman–Crippen MR) is 265 cm³/mol. The van der Waals surface area contributed by atoms with Crippen molar-refractivity contribution in [2.75, 3.05) is 40.1 Å². The molecule has 5 rings (SSSR count). The van der Waals surface area contributed by atoms with Crippen LogP contribution >= 0.6 is 0 Å². The van der Waals surface area contributed by atoms with E-state index in [9.17, 15) is 48.3 Å². The van der Waals surface area contributed by atoms with E-state index < -0.39 is 114 Å². The minimum Gasteiger partial charge on any atom is -0.478 e. The number of anilines is 2. The van der Waals surface area contributed by atoms with Crippen molar-refractivity contribution in [1.29, 1.82) is 0 Å². The van der Waals surface area contributed by atoms with Crippen LogP contribution in [0, 0.1) is 24.7 Å². The molecule has 1 aromatic heterocycles. The molecule has 0 amide bonds. The van der Waals surface area contributed by atoms with Crippen LogP contribution in [0.3, 0.4) is 0 Å². The zero-order chi connectivity index (χ0) is 55.3. The topological polar surface area (TPSA) is 242 Å². The number of likely N-dealkylation sites (N-methyl/N-ethyl adjacent to an activating group) is 2. The number of alkyl halides is 3. The van der Waals surface area contributed by atoms with Crippen LogP contribution in [0.4, 0.5) is 24.7 Å². The third-order valence-electron chi connectivity index (χ3n) is 15.1. The summed E-state index contributed by atoms with van der Waals surface area (Å²) in [4.78, 5) is 33.0. The van der Waals surface area contributed by atoms with E-state index in [1.165, 1.54) is 51.4 Å². The summed E-state index contributed by atoms with van der Waals surface area (Å²) in [6, 6.07) is 5.61. The van der Waals surface area contributed by atoms with Crippen LogP contribution in [0.1, 0.15) is 116 Å². The van der Waals surface area contributed by atoms with Crippen LogP contribution in [-0.2, 0) is 39.4 Å². The lowest BCUT2D eigenvalue weighted by molar-refractivity contribution is -0.318. The Kier molecular flexibility index (Phi) is 21.3. The number of methoxy groups -OCH3 is 1. The largest absolute Gasteiger partial charge is 0.478 e. The van der Waals surface area contributed by atoms with Gasteiger partial charge in [-0.25, -0.2) is 9.78 Å². The van der Waals surface area contributed by atoms with Gasteiger partial charge in [0.05, 0.1) is 47.1 Å². The van der Waals surface area contributed by atoms with Gasteiger partial charge >= 0.3 is 18.1 Å². The number of cyclic esters (lactones) is 1. The van der Waals surface area contributed by atoms with E-state index in [0.29, 0.717) is 13.0 Å². The maximum absolute atomic E-state index is 14.2. The van der Waals surface area contributed by atoms with Crippen molar-refractivity contribution in [2.45, 2.75) is 198 Å². The number of aromatic nitrogens is 1. The molecular formula is C52H83F3N4O14. The number of carboxylic acids is 1. The number of rotatable bonds is 10. The standard InChI is InChI=1S/C38H72N2O12.C14H11F3N2O2/c1-15-27-38(10,46)31(42)24(6)40(13)19-20(2)17-36(8,45)33(52-35-29(41)26(39(11)12)16-21(3)48-35)22(4)30(23(5)34(44)50-27)51-28-18-37(9,47-14)32(43)25(7)49-28;1-8-10(14(15,16)17)5-2-6-11(8)19-12-9(13(20)21)4-3-7-18-12/h20-33,35,41-43,45-46H,15-19H2,1-14H3;2-7H,1H3,(H,18,19)(H,20,21)/t20-,21-,22+,23-,24-,25+,26+,27-,28+,29-,30+,31-,32+,33-,35+,36-,37-,38-;/m1./s1. The fourth-order valence-corrected chi connectivity index (χ4v) is 10.6. The van der Waals surface area contributed by atoms with E-state index in [2.05, 4.69) is 10.3 Å². The number of nitrogens with one attached hydrogen (secondary N) is 1. The third-order valence-corrected chi connectivity index (χ3v) is 15.1. The summed E-state index contributed by atoms with van der Waals surface area (Å²) >= 11 is 0. The Balaban J connectivity index is 0.000000455. The highest BCUT2D eigenvalue weighted by Gasteiger charge is 2.53. The van der Waals surface area contributed by atoms with Crippen molar-refractivity contribution < 1.29 is 81.8 Å². The third kappa shape index (κ3) is 14.9. The SMILES string of the molecule is CC[C@H]1OC(=O)[C@H](C)[C@@H](O[C@H]2C[C@@](C)(OC)[C@@H](O)[C@H](C)O2)[C@H](C)[C@@H](O[C@@H]2O[C@H](C)C[C@H](N(C)C)[C@H]2O)[C@](C)(O)C[C@@H](C)CN(C)[C@H](C)[C@@H](O)[C@]1(C)O.Cc1c(Nc2ncccc2C(=O)O)cccc1C(F)(F)F. The number of aliphatic hydroxyl groups is 5. The van der Waals surface area contributed by atoms with Crippen molar-refractivity contribution >= 4 is 23.4 Å². The first-order chi connectivity index (χ1) is 33.7. The molecule has 3 aliphatic rings. The van der Waals surface area contributed by atoms with Gasteiger partial charge in [-0.2, -0.15) is 13.2 Å². The Morgan fingerprint density at radius 1 is 0.973 bits per heavy atom. The number of carbonyl (C=O) groups excluding carboxylic acids is 1. The molecule has 0 spiro atoms. The van der Waals surface area contributed by atoms with Crippen molar-refractivity contribution in [3.63, 3.8) is 0 Å². The van der Waals surface area contributed by atoms with Crippen molar-refractivity contribution in [3.8, 4) is 0 Å². The van der Waals surface area contributed by atoms with E-state index in [4.69, 9.17) is 33.5 Å². The van der Waals surface area contributed by atoms with E-state index in [1.54, 1.807) is 41.5 Å². The second kappa shape index (κ2) is 25.1. The summed E-state index contributed by atoms with van der Waals surface area (Å²) in [5.41, 5.74) is -5.13. The fraction of sp³-hybridized carbons (Fsp3) is 0.750. The number of carbonyl (C=O) groups is 2. The molecule has 21 heteroatoms. The summed E-state index contributed by atoms with van der Waals surface area (Å²) in [5, 5.41) is 69.8. The molecule has 0 aliphatic carbocycles. The monoisotopic (exact) mass is 1040 g/mol. The molecule has 4 heterocycles. The Bertz CT molecular complexity index is 2120. The highest BCUT2D eigenvalue weighted by Crippen LogP contribution is 2.41. The van der Waals surface area contributed by atoms with Gasteiger partial charge in [-0.1, -0.05) is 26.8 Å². The van der Waals surface area contributed by atoms with Gasteiger partial charge in [0.25, 0.3) is 0 Å². The molecule has 416 valence electrons. The van der Waals surface area contributed by atoms with Gasteiger partial charge in [-0.05, 0) is 132 Å². The van der Waals surface area contributed by atoms with Gasteiger partial charge < -0.3 is 74.2 Å². The molecule has 0 saturated carbocycles. The maximum atomic E-state index is 14.2. The van der Waals surface area contributed by atoms with E-state index in [0.717, 1.165) is 6.07 Å². The molecule has 73 heavy (non-hydrogen) atoms. The van der Waals surface area contributed by atoms with Gasteiger partial charge in [0, 0.05) is 50.0 Å². The number of aromatic carboxylic acids is 1. The van der Waals surface area contributed by atoms with Gasteiger partial charge in [0.2, 0.25) is 0 Å². The normalized spacial score (nSPS) is 38.6. The number of esters is 1. The van der Waals surface area contributed by atoms with Gasteiger partial charge in [0.15, 0.2) is 12.6 Å². The highest BCUT2D eigenvalue weighted by atomic mass is 19.4. The van der Waals surface area contributed by atoms with E-state index in [-0.39, 0.29) is 60.0 Å². The molecule has 7 N–H and O–H groups in total. The number of carboxylic acid groups (broad SMARTS) is 1. The van der Waals surface area contributed by atoms with Crippen LogP contribution < -0.4 is 5.32 Å². The lowest BCUT2D eigenvalue weighted by atomic mass is 9.77. The zero-order valence-corrected chi connectivity index (χ0v) is 45.1. The number of hydrogen-bond acceptors (Lipinski definition) is 17. The average molecular weight is 1050 g/mol. The summed E-state index contributed by atoms with van der Waals surface area (Å²) in [6.45, 7) is 19.4. The first-order valence-electron chi connectivity index (χ1n) is 25.1. The minimum absolute atomic E-state index is 0.00701.